The number of para-hydroxylation sites is 1. The Hall–Kier alpha value is -2.56. The molecule has 2 rings (SSSR count). The first-order valence-corrected chi connectivity index (χ1v) is 7.10. The van der Waals surface area contributed by atoms with Gasteiger partial charge in [-0.2, -0.15) is 0 Å². The minimum atomic E-state index is -0.702. The molecule has 116 valence electrons. The maximum absolute atomic E-state index is 12.1. The molecule has 22 heavy (non-hydrogen) atoms. The third-order valence-electron chi connectivity index (χ3n) is 3.26. The Morgan fingerprint density at radius 3 is 2.50 bits per heavy atom. The molecule has 0 saturated carbocycles. The van der Waals surface area contributed by atoms with Crippen LogP contribution in [0.25, 0.3) is 0 Å². The number of amides is 1. The molecular weight excluding hydrogens is 280 g/mol. The monoisotopic (exact) mass is 300 g/mol. The van der Waals surface area contributed by atoms with Gasteiger partial charge in [0.05, 0.1) is 0 Å². The molecule has 0 aliphatic heterocycles. The molecular formula is C17H20N2O3. The zero-order valence-corrected chi connectivity index (χ0v) is 13.2. The minimum absolute atomic E-state index is 0.245. The van der Waals surface area contributed by atoms with Crippen molar-refractivity contribution >= 4 is 17.8 Å². The lowest BCUT2D eigenvalue weighted by molar-refractivity contribution is -0.126. The Morgan fingerprint density at radius 1 is 1.23 bits per heavy atom. The number of carbonyl (C=O) groups is 1. The number of nitrogens with one attached hydrogen (secondary N) is 1. The van der Waals surface area contributed by atoms with E-state index in [0.717, 1.165) is 22.6 Å². The normalized spacial score (nSPS) is 12.4. The van der Waals surface area contributed by atoms with E-state index in [1.54, 1.807) is 13.0 Å². The summed E-state index contributed by atoms with van der Waals surface area (Å²) in [5, 5.41) is 6.65. The van der Waals surface area contributed by atoms with Crippen LogP contribution in [0.5, 0.6) is 0 Å². The fourth-order valence-corrected chi connectivity index (χ4v) is 1.98. The van der Waals surface area contributed by atoms with Crippen molar-refractivity contribution in [2.45, 2.75) is 33.8 Å². The molecule has 2 aromatic rings. The average Bonchev–Trinajstić information content (AvgIpc) is 2.88. The molecule has 0 bridgehead atoms. The lowest BCUT2D eigenvalue weighted by atomic mass is 10.1. The van der Waals surface area contributed by atoms with Crippen LogP contribution in [0.1, 0.15) is 29.6 Å². The second-order valence-corrected chi connectivity index (χ2v) is 5.19. The van der Waals surface area contributed by atoms with Gasteiger partial charge in [0, 0.05) is 5.69 Å². The fraction of sp³-hybridized carbons (Fsp3) is 0.294. The number of anilines is 1. The van der Waals surface area contributed by atoms with Gasteiger partial charge >= 0.3 is 0 Å². The first-order valence-electron chi connectivity index (χ1n) is 7.10. The maximum atomic E-state index is 12.1. The number of rotatable bonds is 5. The van der Waals surface area contributed by atoms with E-state index in [1.165, 1.54) is 6.21 Å². The van der Waals surface area contributed by atoms with Gasteiger partial charge in [-0.3, -0.25) is 4.79 Å². The summed E-state index contributed by atoms with van der Waals surface area (Å²) in [6.07, 6.45) is 0.738. The van der Waals surface area contributed by atoms with E-state index in [1.807, 2.05) is 45.0 Å². The number of nitrogens with zero attached hydrogens (tertiary/aromatic N) is 1. The number of benzene rings is 1. The van der Waals surface area contributed by atoms with Gasteiger partial charge in [-0.05, 0) is 51.0 Å². The number of aryl methyl sites for hydroxylation is 3. The summed E-state index contributed by atoms with van der Waals surface area (Å²) >= 11 is 0. The molecule has 1 heterocycles. The molecule has 0 fully saturated rings. The van der Waals surface area contributed by atoms with Gasteiger partial charge in [0.15, 0.2) is 0 Å². The van der Waals surface area contributed by atoms with Gasteiger partial charge in [-0.15, -0.1) is 0 Å². The summed E-state index contributed by atoms with van der Waals surface area (Å²) in [5.41, 5.74) is 2.83. The van der Waals surface area contributed by atoms with Crippen molar-refractivity contribution in [2.75, 3.05) is 5.32 Å². The average molecular weight is 300 g/mol. The number of hydrogen-bond donors (Lipinski definition) is 1. The van der Waals surface area contributed by atoms with Crippen LogP contribution in [0.15, 0.2) is 39.9 Å². The van der Waals surface area contributed by atoms with E-state index < -0.39 is 6.10 Å². The Bertz CT molecular complexity index is 669. The zero-order chi connectivity index (χ0) is 16.1. The topological polar surface area (TPSA) is 63.8 Å². The second kappa shape index (κ2) is 6.93. The summed E-state index contributed by atoms with van der Waals surface area (Å²) in [6, 6.07) is 9.47. The molecule has 1 atom stereocenters. The molecule has 1 N–H and O–H groups in total. The number of hydrogen-bond acceptors (Lipinski definition) is 4. The maximum Gasteiger partial charge on any atom is 0.268 e. The lowest BCUT2D eigenvalue weighted by Crippen LogP contribution is -2.27. The molecule has 5 nitrogen and oxygen atoms in total. The Balaban J connectivity index is 1.93. The van der Waals surface area contributed by atoms with Gasteiger partial charge < -0.3 is 14.6 Å². The van der Waals surface area contributed by atoms with Crippen LogP contribution in [0.3, 0.4) is 0 Å². The van der Waals surface area contributed by atoms with Gasteiger partial charge in [0.2, 0.25) is 6.10 Å². The highest BCUT2D eigenvalue weighted by atomic mass is 16.6. The van der Waals surface area contributed by atoms with Gasteiger partial charge in [0.1, 0.15) is 17.7 Å². The van der Waals surface area contributed by atoms with Crippen molar-refractivity contribution in [2.24, 2.45) is 5.16 Å². The van der Waals surface area contributed by atoms with E-state index in [2.05, 4.69) is 10.5 Å². The summed E-state index contributed by atoms with van der Waals surface area (Å²) < 4.78 is 5.32. The van der Waals surface area contributed by atoms with Crippen molar-refractivity contribution in [3.05, 3.63) is 53.0 Å². The smallest absolute Gasteiger partial charge is 0.268 e. The van der Waals surface area contributed by atoms with Crippen molar-refractivity contribution in [3.63, 3.8) is 0 Å². The summed E-state index contributed by atoms with van der Waals surface area (Å²) in [5.74, 6) is 1.13. The lowest BCUT2D eigenvalue weighted by Gasteiger charge is -2.14. The van der Waals surface area contributed by atoms with Crippen LogP contribution < -0.4 is 5.32 Å². The predicted molar refractivity (Wildman–Crippen MR) is 86.1 cm³/mol. The Labute approximate surface area is 130 Å². The molecule has 1 amide bonds. The van der Waals surface area contributed by atoms with Gasteiger partial charge in [0.25, 0.3) is 5.91 Å². The van der Waals surface area contributed by atoms with E-state index in [9.17, 15) is 4.79 Å². The number of oxime groups is 1. The Kier molecular flexibility index (Phi) is 4.99. The van der Waals surface area contributed by atoms with Crippen LogP contribution >= 0.6 is 0 Å². The van der Waals surface area contributed by atoms with E-state index >= 15 is 0 Å². The van der Waals surface area contributed by atoms with Gasteiger partial charge in [-0.1, -0.05) is 23.4 Å². The highest BCUT2D eigenvalue weighted by Gasteiger charge is 2.16. The summed E-state index contributed by atoms with van der Waals surface area (Å²) in [7, 11) is 0. The molecule has 0 unspecified atom stereocenters. The van der Waals surface area contributed by atoms with Crippen molar-refractivity contribution < 1.29 is 14.0 Å². The Morgan fingerprint density at radius 2 is 1.91 bits per heavy atom. The van der Waals surface area contributed by atoms with Crippen LogP contribution in [-0.2, 0) is 9.63 Å². The largest absolute Gasteiger partial charge is 0.460 e. The molecule has 0 spiro atoms. The second-order valence-electron chi connectivity index (χ2n) is 5.19. The van der Waals surface area contributed by atoms with E-state index in [-0.39, 0.29) is 5.91 Å². The highest BCUT2D eigenvalue weighted by Crippen LogP contribution is 2.19. The predicted octanol–water partition coefficient (Wildman–Crippen LogP) is 3.58. The molecule has 0 radical (unpaired) electrons. The molecule has 1 aromatic carbocycles. The first kappa shape index (κ1) is 15.8. The minimum Gasteiger partial charge on any atom is -0.460 e. The van der Waals surface area contributed by atoms with Gasteiger partial charge in [-0.25, -0.2) is 0 Å². The third-order valence-corrected chi connectivity index (χ3v) is 3.26. The van der Waals surface area contributed by atoms with Crippen LogP contribution in [-0.4, -0.2) is 18.2 Å². The molecule has 5 heteroatoms. The van der Waals surface area contributed by atoms with E-state index in [0.29, 0.717) is 5.76 Å². The fourth-order valence-electron chi connectivity index (χ4n) is 1.98. The third kappa shape index (κ3) is 3.97. The standard InChI is InChI=1S/C17H20N2O3/c1-11-6-5-7-12(2)16(11)19-17(20)14(4)22-18-10-15-9-8-13(3)21-15/h5-10,14H,1-4H3,(H,19,20)/b18-10-/t14-/m1/s1. The number of carbonyl (C=O) groups excluding carboxylic acids is 1. The van der Waals surface area contributed by atoms with Crippen molar-refractivity contribution in [1.82, 2.24) is 0 Å². The zero-order valence-electron chi connectivity index (χ0n) is 13.2. The van der Waals surface area contributed by atoms with E-state index in [4.69, 9.17) is 9.25 Å². The summed E-state index contributed by atoms with van der Waals surface area (Å²) in [6.45, 7) is 7.39. The number of furan rings is 1. The first-order chi connectivity index (χ1) is 10.5. The highest BCUT2D eigenvalue weighted by molar-refractivity contribution is 5.95. The molecule has 0 saturated heterocycles. The van der Waals surface area contributed by atoms with Crippen LogP contribution in [0, 0.1) is 20.8 Å². The molecule has 0 aliphatic rings. The van der Waals surface area contributed by atoms with Crippen LogP contribution in [0.4, 0.5) is 5.69 Å². The quantitative estimate of drug-likeness (QED) is 0.678. The van der Waals surface area contributed by atoms with Crippen molar-refractivity contribution in [3.8, 4) is 0 Å². The van der Waals surface area contributed by atoms with Crippen LogP contribution in [0.2, 0.25) is 0 Å². The molecule has 1 aromatic heterocycles. The summed E-state index contributed by atoms with van der Waals surface area (Å²) in [4.78, 5) is 17.3. The molecule has 0 aliphatic carbocycles. The SMILES string of the molecule is Cc1ccc(/C=N\O[C@H](C)C(=O)Nc2c(C)cccc2C)o1. The van der Waals surface area contributed by atoms with Crippen molar-refractivity contribution in [1.29, 1.82) is 0 Å².